The molecule has 1 aromatic carbocycles. The van der Waals surface area contributed by atoms with Crippen LogP contribution in [0.1, 0.15) is 11.3 Å². The molecule has 0 spiro atoms. The normalized spacial score (nSPS) is 14.1. The average molecular weight is 462 g/mol. The van der Waals surface area contributed by atoms with E-state index >= 15 is 0 Å². The molecular formula is C22H15N5O3S2. The first-order chi connectivity index (χ1) is 15.6. The number of sulfonamides is 1. The molecule has 0 saturated heterocycles. The number of hydrogen-bond acceptors (Lipinski definition) is 8. The molecular weight excluding hydrogens is 446 g/mol. The SMILES string of the molecule is O=S(=O)(c1ccc(-c2cnco2)s1)N1Cc2ncnc(-c3ccc4ccccc4n3)c2C1. The molecule has 4 aromatic heterocycles. The van der Waals surface area contributed by atoms with Crippen molar-refractivity contribution in [3.05, 3.63) is 78.7 Å². The topological polar surface area (TPSA) is 102 Å². The van der Waals surface area contributed by atoms with E-state index in [-0.39, 0.29) is 17.3 Å². The van der Waals surface area contributed by atoms with Crippen LogP contribution in [-0.4, -0.2) is 32.7 Å². The summed E-state index contributed by atoms with van der Waals surface area (Å²) in [6.07, 6.45) is 4.35. The van der Waals surface area contributed by atoms with Crippen LogP contribution in [0.15, 0.2) is 76.1 Å². The van der Waals surface area contributed by atoms with E-state index in [9.17, 15) is 8.42 Å². The summed E-state index contributed by atoms with van der Waals surface area (Å²) in [4.78, 5) is 18.1. The van der Waals surface area contributed by atoms with Crippen molar-refractivity contribution in [3.63, 3.8) is 0 Å². The van der Waals surface area contributed by atoms with Gasteiger partial charge in [-0.1, -0.05) is 24.3 Å². The second-order valence-corrected chi connectivity index (χ2v) is 10.5. The predicted molar refractivity (Wildman–Crippen MR) is 119 cm³/mol. The van der Waals surface area contributed by atoms with Crippen molar-refractivity contribution in [2.45, 2.75) is 17.3 Å². The van der Waals surface area contributed by atoms with Gasteiger partial charge < -0.3 is 4.42 Å². The minimum atomic E-state index is -3.71. The van der Waals surface area contributed by atoms with Crippen molar-refractivity contribution in [2.75, 3.05) is 0 Å². The minimum Gasteiger partial charge on any atom is -0.443 e. The third-order valence-electron chi connectivity index (χ3n) is 5.39. The lowest BCUT2D eigenvalue weighted by atomic mass is 10.1. The highest BCUT2D eigenvalue weighted by molar-refractivity contribution is 7.91. The molecule has 6 rings (SSSR count). The number of fused-ring (bicyclic) bond motifs is 2. The van der Waals surface area contributed by atoms with E-state index in [1.165, 1.54) is 17.0 Å². The first-order valence-corrected chi connectivity index (χ1v) is 12.0. The van der Waals surface area contributed by atoms with Crippen LogP contribution < -0.4 is 0 Å². The van der Waals surface area contributed by atoms with Gasteiger partial charge in [-0.15, -0.1) is 11.3 Å². The Labute approximate surface area is 187 Å². The summed E-state index contributed by atoms with van der Waals surface area (Å²) in [5, 5.41) is 1.03. The van der Waals surface area contributed by atoms with Gasteiger partial charge >= 0.3 is 0 Å². The quantitative estimate of drug-likeness (QED) is 0.397. The van der Waals surface area contributed by atoms with Crippen LogP contribution in [0.25, 0.3) is 32.9 Å². The lowest BCUT2D eigenvalue weighted by Gasteiger charge is -2.13. The Kier molecular flexibility index (Phi) is 4.39. The lowest BCUT2D eigenvalue weighted by molar-refractivity contribution is 0.431. The number of pyridine rings is 1. The van der Waals surface area contributed by atoms with Crippen LogP contribution in [0.3, 0.4) is 0 Å². The second-order valence-electron chi connectivity index (χ2n) is 7.29. The Morgan fingerprint density at radius 1 is 1.00 bits per heavy atom. The van der Waals surface area contributed by atoms with E-state index in [4.69, 9.17) is 9.40 Å². The number of nitrogens with zero attached hydrogens (tertiary/aromatic N) is 5. The molecule has 0 radical (unpaired) electrons. The Hall–Kier alpha value is -3.47. The summed E-state index contributed by atoms with van der Waals surface area (Å²) < 4.78 is 33.6. The number of para-hydroxylation sites is 1. The Morgan fingerprint density at radius 3 is 2.78 bits per heavy atom. The third kappa shape index (κ3) is 3.11. The van der Waals surface area contributed by atoms with Crippen LogP contribution in [0.4, 0.5) is 0 Å². The Bertz CT molecular complexity index is 1560. The molecule has 8 nitrogen and oxygen atoms in total. The van der Waals surface area contributed by atoms with E-state index in [0.29, 0.717) is 27.7 Å². The summed E-state index contributed by atoms with van der Waals surface area (Å²) in [6.45, 7) is 0.383. The highest BCUT2D eigenvalue weighted by Gasteiger charge is 2.34. The zero-order valence-electron chi connectivity index (χ0n) is 16.5. The van der Waals surface area contributed by atoms with Crippen LogP contribution in [0.5, 0.6) is 0 Å². The molecule has 0 unspecified atom stereocenters. The number of rotatable bonds is 4. The zero-order valence-corrected chi connectivity index (χ0v) is 18.2. The summed E-state index contributed by atoms with van der Waals surface area (Å²) in [5.41, 5.74) is 3.70. The fourth-order valence-corrected chi connectivity index (χ4v) is 6.58. The predicted octanol–water partition coefficient (Wildman–Crippen LogP) is 4.11. The van der Waals surface area contributed by atoms with Gasteiger partial charge in [-0.3, -0.25) is 0 Å². The second kappa shape index (κ2) is 7.30. The number of thiophene rings is 1. The van der Waals surface area contributed by atoms with E-state index < -0.39 is 10.0 Å². The molecule has 10 heteroatoms. The zero-order chi connectivity index (χ0) is 21.7. The van der Waals surface area contributed by atoms with Crippen LogP contribution >= 0.6 is 11.3 Å². The van der Waals surface area contributed by atoms with Crippen molar-refractivity contribution in [2.24, 2.45) is 0 Å². The Morgan fingerprint density at radius 2 is 1.91 bits per heavy atom. The summed E-state index contributed by atoms with van der Waals surface area (Å²) in [6, 6.07) is 15.1. The smallest absolute Gasteiger partial charge is 0.253 e. The van der Waals surface area contributed by atoms with Gasteiger partial charge in [0.05, 0.1) is 40.2 Å². The first kappa shape index (κ1) is 19.2. The van der Waals surface area contributed by atoms with E-state index in [0.717, 1.165) is 27.8 Å². The van der Waals surface area contributed by atoms with Crippen LogP contribution in [0, 0.1) is 0 Å². The van der Waals surface area contributed by atoms with Crippen molar-refractivity contribution in [1.29, 1.82) is 0 Å². The number of aromatic nitrogens is 4. The van der Waals surface area contributed by atoms with Gasteiger partial charge in [0, 0.05) is 17.5 Å². The maximum atomic E-state index is 13.3. The molecule has 0 saturated carbocycles. The third-order valence-corrected chi connectivity index (χ3v) is 8.75. The van der Waals surface area contributed by atoms with Crippen molar-refractivity contribution in [3.8, 4) is 22.0 Å². The molecule has 0 amide bonds. The van der Waals surface area contributed by atoms with E-state index in [1.807, 2.05) is 36.4 Å². The van der Waals surface area contributed by atoms with Crippen molar-refractivity contribution >= 4 is 32.3 Å². The summed E-state index contributed by atoms with van der Waals surface area (Å²) in [7, 11) is -3.71. The fourth-order valence-electron chi connectivity index (χ4n) is 3.80. The van der Waals surface area contributed by atoms with Gasteiger partial charge in [0.2, 0.25) is 0 Å². The molecule has 32 heavy (non-hydrogen) atoms. The number of benzene rings is 1. The average Bonchev–Trinajstić information content (AvgIpc) is 3.58. The minimum absolute atomic E-state index is 0.191. The van der Waals surface area contributed by atoms with Gasteiger partial charge in [0.15, 0.2) is 12.2 Å². The van der Waals surface area contributed by atoms with E-state index in [2.05, 4.69) is 15.0 Å². The molecule has 0 fully saturated rings. The molecule has 5 aromatic rings. The van der Waals surface area contributed by atoms with E-state index in [1.54, 1.807) is 18.3 Å². The van der Waals surface area contributed by atoms with Gasteiger partial charge in [-0.05, 0) is 24.3 Å². The van der Waals surface area contributed by atoms with Crippen molar-refractivity contribution in [1.82, 2.24) is 24.2 Å². The number of oxazole rings is 1. The molecule has 0 atom stereocenters. The highest BCUT2D eigenvalue weighted by atomic mass is 32.2. The van der Waals surface area contributed by atoms with Gasteiger partial charge in [-0.2, -0.15) is 4.31 Å². The molecule has 158 valence electrons. The van der Waals surface area contributed by atoms with Crippen LogP contribution in [-0.2, 0) is 23.1 Å². The van der Waals surface area contributed by atoms with Gasteiger partial charge in [0.25, 0.3) is 10.0 Å². The fraction of sp³-hybridized carbons (Fsp3) is 0.0909. The summed E-state index contributed by atoms with van der Waals surface area (Å²) in [5.74, 6) is 0.539. The van der Waals surface area contributed by atoms with Crippen LogP contribution in [0.2, 0.25) is 0 Å². The van der Waals surface area contributed by atoms with Gasteiger partial charge in [0.1, 0.15) is 10.5 Å². The van der Waals surface area contributed by atoms with Crippen molar-refractivity contribution < 1.29 is 12.8 Å². The Balaban J connectivity index is 1.35. The maximum absolute atomic E-state index is 13.3. The standard InChI is InChI=1S/C22H15N5O3S2/c28-32(29,21-8-7-20(31-21)19-9-23-13-30-19)27-10-15-18(11-27)24-12-25-22(15)17-6-5-14-3-1-2-4-16(14)26-17/h1-9,12-13H,10-11H2. The number of hydrogen-bond donors (Lipinski definition) is 0. The first-order valence-electron chi connectivity index (χ1n) is 9.77. The largest absolute Gasteiger partial charge is 0.443 e. The lowest BCUT2D eigenvalue weighted by Crippen LogP contribution is -2.25. The molecule has 1 aliphatic heterocycles. The highest BCUT2D eigenvalue weighted by Crippen LogP contribution is 2.36. The monoisotopic (exact) mass is 461 g/mol. The van der Waals surface area contributed by atoms with Gasteiger partial charge in [-0.25, -0.2) is 28.4 Å². The molecule has 1 aliphatic rings. The molecule has 0 aliphatic carbocycles. The molecule has 5 heterocycles. The molecule has 0 N–H and O–H groups in total. The maximum Gasteiger partial charge on any atom is 0.253 e. The summed E-state index contributed by atoms with van der Waals surface area (Å²) >= 11 is 1.15. The molecule has 0 bridgehead atoms.